The van der Waals surface area contributed by atoms with Crippen LogP contribution in [0.5, 0.6) is 0 Å². The summed E-state index contributed by atoms with van der Waals surface area (Å²) >= 11 is 0. The molecule has 0 radical (unpaired) electrons. The van der Waals surface area contributed by atoms with Gasteiger partial charge in [0.2, 0.25) is 0 Å². The normalized spacial score (nSPS) is 25.5. The van der Waals surface area contributed by atoms with E-state index in [1.165, 1.54) is 15.2 Å². The zero-order valence-electron chi connectivity index (χ0n) is 20.6. The van der Waals surface area contributed by atoms with Crippen LogP contribution in [0.25, 0.3) is 11.0 Å². The molecule has 1 aromatic heterocycles. The highest BCUT2D eigenvalue weighted by molar-refractivity contribution is 6.76. The molecule has 10 heteroatoms. The fourth-order valence-corrected chi connectivity index (χ4v) is 5.29. The second-order valence-corrected chi connectivity index (χ2v) is 17.6. The monoisotopic (exact) mass is 478 g/mol. The number of ether oxygens (including phenoxy) is 1. The van der Waals surface area contributed by atoms with Gasteiger partial charge in [0.1, 0.15) is 18.1 Å². The summed E-state index contributed by atoms with van der Waals surface area (Å²) in [6.07, 6.45) is 0.821. The lowest BCUT2D eigenvalue weighted by Gasteiger charge is -2.41. The molecule has 1 aromatic carbocycles. The number of halogens is 1. The van der Waals surface area contributed by atoms with Crippen molar-refractivity contribution < 1.29 is 23.5 Å². The lowest BCUT2D eigenvalue weighted by Crippen LogP contribution is -2.47. The molecule has 4 rings (SSSR count). The number of nitrogens with zero attached hydrogens (tertiary/aromatic N) is 2. The van der Waals surface area contributed by atoms with Gasteiger partial charge >= 0.3 is 12.8 Å². The van der Waals surface area contributed by atoms with Gasteiger partial charge in [0.05, 0.1) is 11.1 Å². The summed E-state index contributed by atoms with van der Waals surface area (Å²) in [5.41, 5.74) is 0.000942. The summed E-state index contributed by atoms with van der Waals surface area (Å²) in [5, 5.41) is 10.2. The second-order valence-electron chi connectivity index (χ2n) is 12.0. The number of rotatable bonds is 7. The fraction of sp³-hybridized carbons (Fsp3) is 0.696. The van der Waals surface area contributed by atoms with E-state index < -0.39 is 26.6 Å². The molecule has 1 aliphatic heterocycles. The van der Waals surface area contributed by atoms with E-state index in [1.54, 1.807) is 13.0 Å². The highest BCUT2D eigenvalue weighted by Gasteiger charge is 2.42. The predicted molar refractivity (Wildman–Crippen MR) is 130 cm³/mol. The maximum absolute atomic E-state index is 15.5. The molecule has 2 fully saturated rings. The zero-order chi connectivity index (χ0) is 24.2. The smallest absolute Gasteiger partial charge is 0.407 e. The van der Waals surface area contributed by atoms with Crippen LogP contribution in [0.15, 0.2) is 16.9 Å². The number of fused-ring (bicyclic) bond motifs is 1. The van der Waals surface area contributed by atoms with Crippen molar-refractivity contribution in [2.24, 2.45) is 5.41 Å². The van der Waals surface area contributed by atoms with E-state index in [9.17, 15) is 9.90 Å². The van der Waals surface area contributed by atoms with Crippen LogP contribution in [0.1, 0.15) is 39.7 Å². The number of aliphatic hydroxyl groups is 1. The van der Waals surface area contributed by atoms with Crippen LogP contribution in [0, 0.1) is 11.2 Å². The number of benzene rings is 1. The highest BCUT2D eigenvalue weighted by Crippen LogP contribution is 2.41. The highest BCUT2D eigenvalue weighted by atomic mass is 28.3. The summed E-state index contributed by atoms with van der Waals surface area (Å²) in [4.78, 5) is 13.4. The maximum atomic E-state index is 15.5. The third kappa shape index (κ3) is 5.30. The number of hydrogen-bond acceptors (Lipinski definition) is 5. The minimum absolute atomic E-state index is 0.0538. The molecule has 1 saturated heterocycles. The molecule has 1 aliphatic carbocycles. The average molecular weight is 478 g/mol. The summed E-state index contributed by atoms with van der Waals surface area (Å²) in [5.74, 6) is -0.496. The molecule has 182 valence electrons. The topological polar surface area (TPSA) is 74.9 Å². The summed E-state index contributed by atoms with van der Waals surface area (Å²) in [7, 11) is -1.96. The van der Waals surface area contributed by atoms with Gasteiger partial charge in [-0.1, -0.05) is 33.5 Å². The largest absolute Gasteiger partial charge is 0.494 e. The molecule has 0 unspecified atom stereocenters. The molecule has 1 N–H and O–H groups in total. The molecule has 33 heavy (non-hydrogen) atoms. The molecule has 0 bridgehead atoms. The first kappa shape index (κ1) is 24.7. The van der Waals surface area contributed by atoms with Crippen molar-refractivity contribution in [2.45, 2.75) is 77.7 Å². The Morgan fingerprint density at radius 3 is 2.42 bits per heavy atom. The minimum atomic E-state index is -1.28. The Hall–Kier alpha value is -1.46. The van der Waals surface area contributed by atoms with Crippen molar-refractivity contribution in [3.8, 4) is 0 Å². The maximum Gasteiger partial charge on any atom is 0.494 e. The SMILES string of the molecule is CC1(C)COB(c2cc(F)c3c(c2)n(COCC[Si](C)(C)C)c(=O)n3C2CC(C)(O)C2)OC1. The van der Waals surface area contributed by atoms with Gasteiger partial charge in [-0.25, -0.2) is 9.18 Å². The van der Waals surface area contributed by atoms with Gasteiger partial charge in [-0.3, -0.25) is 9.13 Å². The van der Waals surface area contributed by atoms with Crippen LogP contribution in [0.2, 0.25) is 25.7 Å². The molecule has 0 atom stereocenters. The van der Waals surface area contributed by atoms with Gasteiger partial charge in [0, 0.05) is 39.4 Å². The molecule has 0 spiro atoms. The van der Waals surface area contributed by atoms with Gasteiger partial charge in [-0.05, 0) is 43.4 Å². The van der Waals surface area contributed by atoms with Crippen molar-refractivity contribution in [1.29, 1.82) is 0 Å². The van der Waals surface area contributed by atoms with Crippen molar-refractivity contribution in [3.63, 3.8) is 0 Å². The van der Waals surface area contributed by atoms with E-state index in [4.69, 9.17) is 14.0 Å². The fourth-order valence-electron chi connectivity index (χ4n) is 4.53. The third-order valence-corrected chi connectivity index (χ3v) is 8.19. The van der Waals surface area contributed by atoms with E-state index >= 15 is 4.39 Å². The Bertz CT molecular complexity index is 1070. The van der Waals surface area contributed by atoms with E-state index in [2.05, 4.69) is 33.5 Å². The van der Waals surface area contributed by atoms with Crippen molar-refractivity contribution in [1.82, 2.24) is 9.13 Å². The first-order valence-electron chi connectivity index (χ1n) is 11.7. The third-order valence-electron chi connectivity index (χ3n) is 6.49. The first-order chi connectivity index (χ1) is 15.3. The van der Waals surface area contributed by atoms with Crippen LogP contribution in [-0.4, -0.2) is 54.9 Å². The molecule has 2 heterocycles. The van der Waals surface area contributed by atoms with Crippen LogP contribution >= 0.6 is 0 Å². The zero-order valence-corrected chi connectivity index (χ0v) is 21.6. The minimum Gasteiger partial charge on any atom is -0.407 e. The molecule has 1 saturated carbocycles. The summed E-state index contributed by atoms with van der Waals surface area (Å²) < 4.78 is 36.1. The van der Waals surface area contributed by atoms with E-state index in [1.807, 2.05) is 0 Å². The summed E-state index contributed by atoms with van der Waals surface area (Å²) in [6.45, 7) is 14.3. The summed E-state index contributed by atoms with van der Waals surface area (Å²) in [6, 6.07) is 3.90. The van der Waals surface area contributed by atoms with Crippen LogP contribution in [0.3, 0.4) is 0 Å². The molecule has 0 amide bonds. The van der Waals surface area contributed by atoms with Gasteiger partial charge in [0.25, 0.3) is 0 Å². The quantitative estimate of drug-likeness (QED) is 0.489. The first-order valence-corrected chi connectivity index (χ1v) is 15.4. The Morgan fingerprint density at radius 2 is 1.85 bits per heavy atom. The molecular formula is C23H36BFN2O5Si. The van der Waals surface area contributed by atoms with Crippen LogP contribution in [-0.2, 0) is 20.8 Å². The van der Waals surface area contributed by atoms with Gasteiger partial charge in [-0.2, -0.15) is 0 Å². The Balaban J connectivity index is 1.70. The van der Waals surface area contributed by atoms with Crippen LogP contribution < -0.4 is 11.2 Å². The number of aromatic nitrogens is 2. The van der Waals surface area contributed by atoms with Crippen molar-refractivity contribution in [3.05, 3.63) is 28.4 Å². The molecular weight excluding hydrogens is 442 g/mol. The molecule has 2 aromatic rings. The predicted octanol–water partition coefficient (Wildman–Crippen LogP) is 3.11. The van der Waals surface area contributed by atoms with Gasteiger partial charge in [0.15, 0.2) is 0 Å². The lowest BCUT2D eigenvalue weighted by molar-refractivity contribution is -0.0511. The second kappa shape index (κ2) is 8.64. The van der Waals surface area contributed by atoms with E-state index in [0.717, 1.165) is 6.04 Å². The molecule has 2 aliphatic rings. The van der Waals surface area contributed by atoms with Crippen molar-refractivity contribution in [2.75, 3.05) is 19.8 Å². The van der Waals surface area contributed by atoms with E-state index in [0.29, 0.717) is 43.6 Å². The number of hydrogen-bond donors (Lipinski definition) is 1. The van der Waals surface area contributed by atoms with Gasteiger partial charge < -0.3 is 19.2 Å². The average Bonchev–Trinajstić information content (AvgIpc) is 2.94. The van der Waals surface area contributed by atoms with E-state index in [-0.39, 0.29) is 29.4 Å². The standard InChI is InChI=1S/C23H36BFN2O5Si/c1-22(2)13-31-24(32-14-22)16-9-18(25)20-19(10-16)26(15-30-7-8-33(4,5)6)21(28)27(20)17-11-23(3,29)12-17/h9-10,17,29H,7-8,11-15H2,1-6H3. The van der Waals surface area contributed by atoms with Gasteiger partial charge in [-0.15, -0.1) is 0 Å². The Morgan fingerprint density at radius 1 is 1.21 bits per heavy atom. The molecule has 7 nitrogen and oxygen atoms in total. The van der Waals surface area contributed by atoms with Crippen LogP contribution in [0.4, 0.5) is 4.39 Å². The Labute approximate surface area is 196 Å². The van der Waals surface area contributed by atoms with Crippen molar-refractivity contribution >= 4 is 31.7 Å². The number of imidazole rings is 1. The lowest BCUT2D eigenvalue weighted by atomic mass is 9.75. The Kier molecular flexibility index (Phi) is 6.46.